The van der Waals surface area contributed by atoms with Gasteiger partial charge in [0.2, 0.25) is 0 Å². The zero-order valence-electron chi connectivity index (χ0n) is 13.1. The lowest BCUT2D eigenvalue weighted by atomic mass is 9.96. The average Bonchev–Trinajstić information content (AvgIpc) is 2.50. The lowest BCUT2D eigenvalue weighted by Gasteiger charge is -2.12. The summed E-state index contributed by atoms with van der Waals surface area (Å²) in [5, 5.41) is 0. The van der Waals surface area contributed by atoms with Gasteiger partial charge in [0.15, 0.2) is 0 Å². The Morgan fingerprint density at radius 2 is 1.91 bits per heavy atom. The molecule has 1 aromatic rings. The SMILES string of the molecule is CC#C[C@@H](CC(=O)OC)c1ccc(OCCCC(F)(F)F)cc1. The Morgan fingerprint density at radius 1 is 1.26 bits per heavy atom. The Bertz CT molecular complexity index is 553. The van der Waals surface area contributed by atoms with Crippen molar-refractivity contribution >= 4 is 5.97 Å². The zero-order chi connectivity index (χ0) is 17.3. The van der Waals surface area contributed by atoms with Gasteiger partial charge in [-0.2, -0.15) is 13.2 Å². The third-order valence-corrected chi connectivity index (χ3v) is 3.07. The molecule has 0 saturated heterocycles. The molecule has 0 heterocycles. The molecule has 126 valence electrons. The summed E-state index contributed by atoms with van der Waals surface area (Å²) in [5.41, 5.74) is 0.826. The molecule has 0 unspecified atom stereocenters. The van der Waals surface area contributed by atoms with E-state index in [0.717, 1.165) is 5.56 Å². The van der Waals surface area contributed by atoms with E-state index in [1.807, 2.05) is 0 Å². The first-order valence-electron chi connectivity index (χ1n) is 7.14. The van der Waals surface area contributed by atoms with Crippen LogP contribution in [0.3, 0.4) is 0 Å². The van der Waals surface area contributed by atoms with E-state index >= 15 is 0 Å². The topological polar surface area (TPSA) is 35.5 Å². The number of carbonyl (C=O) groups is 1. The molecule has 0 spiro atoms. The number of hydrogen-bond acceptors (Lipinski definition) is 3. The fourth-order valence-corrected chi connectivity index (χ4v) is 1.94. The number of halogens is 3. The third-order valence-electron chi connectivity index (χ3n) is 3.07. The molecule has 0 N–H and O–H groups in total. The Morgan fingerprint density at radius 3 is 2.43 bits per heavy atom. The molecule has 0 bridgehead atoms. The molecule has 3 nitrogen and oxygen atoms in total. The summed E-state index contributed by atoms with van der Waals surface area (Å²) in [7, 11) is 1.32. The fourth-order valence-electron chi connectivity index (χ4n) is 1.94. The van der Waals surface area contributed by atoms with E-state index in [9.17, 15) is 18.0 Å². The Labute approximate surface area is 133 Å². The second-order valence-electron chi connectivity index (χ2n) is 4.86. The summed E-state index contributed by atoms with van der Waals surface area (Å²) < 4.78 is 46.0. The number of carbonyl (C=O) groups excluding carboxylic acids is 1. The van der Waals surface area contributed by atoms with Gasteiger partial charge in [-0.15, -0.1) is 5.92 Å². The predicted molar refractivity (Wildman–Crippen MR) is 80.1 cm³/mol. The minimum atomic E-state index is -4.16. The lowest BCUT2D eigenvalue weighted by Crippen LogP contribution is -2.10. The van der Waals surface area contributed by atoms with Gasteiger partial charge in [-0.05, 0) is 31.0 Å². The molecule has 23 heavy (non-hydrogen) atoms. The predicted octanol–water partition coefficient (Wildman–Crippen LogP) is 4.08. The van der Waals surface area contributed by atoms with Crippen LogP contribution in [-0.4, -0.2) is 25.9 Å². The number of rotatable bonds is 7. The highest BCUT2D eigenvalue weighted by atomic mass is 19.4. The van der Waals surface area contributed by atoms with E-state index in [0.29, 0.717) is 5.75 Å². The molecule has 0 aromatic heterocycles. The van der Waals surface area contributed by atoms with Crippen LogP contribution >= 0.6 is 0 Å². The highest BCUT2D eigenvalue weighted by Gasteiger charge is 2.26. The number of hydrogen-bond donors (Lipinski definition) is 0. The van der Waals surface area contributed by atoms with Crippen LogP contribution in [0, 0.1) is 11.8 Å². The van der Waals surface area contributed by atoms with E-state index in [2.05, 4.69) is 16.6 Å². The lowest BCUT2D eigenvalue weighted by molar-refractivity contribution is -0.140. The van der Waals surface area contributed by atoms with Crippen molar-refractivity contribution in [3.8, 4) is 17.6 Å². The monoisotopic (exact) mass is 328 g/mol. The molecule has 0 fully saturated rings. The number of ether oxygens (including phenoxy) is 2. The van der Waals surface area contributed by atoms with Gasteiger partial charge in [0, 0.05) is 6.42 Å². The van der Waals surface area contributed by atoms with Crippen molar-refractivity contribution in [3.05, 3.63) is 29.8 Å². The van der Waals surface area contributed by atoms with Gasteiger partial charge >= 0.3 is 12.1 Å². The second kappa shape index (κ2) is 9.09. The van der Waals surface area contributed by atoms with Crippen LogP contribution in [-0.2, 0) is 9.53 Å². The largest absolute Gasteiger partial charge is 0.494 e. The van der Waals surface area contributed by atoms with Gasteiger partial charge in [-0.3, -0.25) is 4.79 Å². The number of methoxy groups -OCH3 is 1. The standard InChI is InChI=1S/C17H19F3O3/c1-3-5-14(12-16(21)22-2)13-6-8-15(9-7-13)23-11-4-10-17(18,19)20/h6-9,14H,4,10-12H2,1-2H3/t14-/m0/s1. The molecule has 0 radical (unpaired) electrons. The maximum absolute atomic E-state index is 12.0. The molecular weight excluding hydrogens is 309 g/mol. The summed E-state index contributed by atoms with van der Waals surface area (Å²) in [5.74, 6) is 5.55. The highest BCUT2D eigenvalue weighted by Crippen LogP contribution is 2.24. The molecule has 6 heteroatoms. The fraction of sp³-hybridized carbons (Fsp3) is 0.471. The Kier molecular flexibility index (Phi) is 7.46. The molecule has 1 aromatic carbocycles. The molecule has 0 aliphatic carbocycles. The van der Waals surface area contributed by atoms with Crippen LogP contribution in [0.2, 0.25) is 0 Å². The molecule has 0 aliphatic heterocycles. The van der Waals surface area contributed by atoms with E-state index < -0.39 is 12.6 Å². The van der Waals surface area contributed by atoms with Gasteiger partial charge in [-0.1, -0.05) is 18.1 Å². The van der Waals surface area contributed by atoms with E-state index in [1.165, 1.54) is 7.11 Å². The van der Waals surface area contributed by atoms with Crippen LogP contribution < -0.4 is 4.74 Å². The summed E-state index contributed by atoms with van der Waals surface area (Å²) in [6.45, 7) is 1.68. The van der Waals surface area contributed by atoms with Gasteiger partial charge in [0.25, 0.3) is 0 Å². The van der Waals surface area contributed by atoms with E-state index in [1.54, 1.807) is 31.2 Å². The number of benzene rings is 1. The Balaban J connectivity index is 2.59. The first kappa shape index (κ1) is 18.9. The summed E-state index contributed by atoms with van der Waals surface area (Å²) >= 11 is 0. The molecule has 0 amide bonds. The minimum Gasteiger partial charge on any atom is -0.494 e. The van der Waals surface area contributed by atoms with Crippen molar-refractivity contribution in [2.45, 2.75) is 38.3 Å². The van der Waals surface area contributed by atoms with Crippen molar-refractivity contribution < 1.29 is 27.4 Å². The van der Waals surface area contributed by atoms with Crippen molar-refractivity contribution in [2.24, 2.45) is 0 Å². The summed E-state index contributed by atoms with van der Waals surface area (Å²) in [4.78, 5) is 11.4. The number of alkyl halides is 3. The third kappa shape index (κ3) is 7.59. The summed E-state index contributed by atoms with van der Waals surface area (Å²) in [6, 6.07) is 6.81. The van der Waals surface area contributed by atoms with Crippen LogP contribution in [0.25, 0.3) is 0 Å². The molecular formula is C17H19F3O3. The van der Waals surface area contributed by atoms with Crippen molar-refractivity contribution in [2.75, 3.05) is 13.7 Å². The zero-order valence-corrected chi connectivity index (χ0v) is 13.1. The highest BCUT2D eigenvalue weighted by molar-refractivity contribution is 5.71. The van der Waals surface area contributed by atoms with Gasteiger partial charge in [0.05, 0.1) is 26.1 Å². The van der Waals surface area contributed by atoms with Gasteiger partial charge < -0.3 is 9.47 Å². The average molecular weight is 328 g/mol. The maximum Gasteiger partial charge on any atom is 0.389 e. The quantitative estimate of drug-likeness (QED) is 0.430. The first-order chi connectivity index (χ1) is 10.9. The molecule has 1 rings (SSSR count). The maximum atomic E-state index is 12.0. The van der Waals surface area contributed by atoms with Crippen LogP contribution in [0.5, 0.6) is 5.75 Å². The number of esters is 1. The normalized spacial score (nSPS) is 12.0. The molecule has 0 saturated carbocycles. The van der Waals surface area contributed by atoms with Crippen molar-refractivity contribution in [1.82, 2.24) is 0 Å². The van der Waals surface area contributed by atoms with Crippen LogP contribution in [0.4, 0.5) is 13.2 Å². The smallest absolute Gasteiger partial charge is 0.389 e. The van der Waals surface area contributed by atoms with Crippen LogP contribution in [0.1, 0.15) is 37.7 Å². The van der Waals surface area contributed by atoms with Gasteiger partial charge in [0.1, 0.15) is 5.75 Å². The Hall–Kier alpha value is -2.16. The van der Waals surface area contributed by atoms with Crippen molar-refractivity contribution in [3.63, 3.8) is 0 Å². The van der Waals surface area contributed by atoms with E-state index in [-0.39, 0.29) is 31.3 Å². The molecule has 1 atom stereocenters. The molecule has 0 aliphatic rings. The summed E-state index contributed by atoms with van der Waals surface area (Å²) in [6.07, 6.45) is -4.97. The van der Waals surface area contributed by atoms with Crippen molar-refractivity contribution in [1.29, 1.82) is 0 Å². The van der Waals surface area contributed by atoms with E-state index in [4.69, 9.17) is 4.74 Å². The van der Waals surface area contributed by atoms with Gasteiger partial charge in [-0.25, -0.2) is 0 Å². The second-order valence-corrected chi connectivity index (χ2v) is 4.86. The first-order valence-corrected chi connectivity index (χ1v) is 7.14. The van der Waals surface area contributed by atoms with Crippen LogP contribution in [0.15, 0.2) is 24.3 Å². The minimum absolute atomic E-state index is 0.000782.